The number of halogens is 1. The second-order valence-corrected chi connectivity index (χ2v) is 4.71. The van der Waals surface area contributed by atoms with Crippen LogP contribution >= 0.6 is 11.6 Å². The predicted molar refractivity (Wildman–Crippen MR) is 81.1 cm³/mol. The SMILES string of the molecule is N#C/C(=C\c1cccc(Cl)c1)C(=O)NCc1cccnc1. The highest BCUT2D eigenvalue weighted by Gasteiger charge is 2.08. The highest BCUT2D eigenvalue weighted by molar-refractivity contribution is 6.30. The van der Waals surface area contributed by atoms with Crippen molar-refractivity contribution >= 4 is 23.6 Å². The van der Waals surface area contributed by atoms with Crippen molar-refractivity contribution in [3.8, 4) is 6.07 Å². The first kappa shape index (κ1) is 14.8. The minimum absolute atomic E-state index is 0.0288. The van der Waals surface area contributed by atoms with Crippen LogP contribution in [0.5, 0.6) is 0 Å². The Morgan fingerprint density at radius 3 is 2.90 bits per heavy atom. The van der Waals surface area contributed by atoms with Gasteiger partial charge >= 0.3 is 0 Å². The number of hydrogen-bond acceptors (Lipinski definition) is 3. The van der Waals surface area contributed by atoms with Crippen LogP contribution in [0.25, 0.3) is 6.08 Å². The minimum Gasteiger partial charge on any atom is -0.347 e. The normalized spacial score (nSPS) is 10.8. The third-order valence-electron chi connectivity index (χ3n) is 2.70. The molecule has 4 nitrogen and oxygen atoms in total. The fourth-order valence-corrected chi connectivity index (χ4v) is 1.89. The molecule has 0 atom stereocenters. The molecule has 0 spiro atoms. The van der Waals surface area contributed by atoms with Crippen LogP contribution in [-0.4, -0.2) is 10.9 Å². The van der Waals surface area contributed by atoms with Gasteiger partial charge in [-0.25, -0.2) is 0 Å². The number of nitrogens with zero attached hydrogens (tertiary/aromatic N) is 2. The van der Waals surface area contributed by atoms with Gasteiger partial charge in [0.2, 0.25) is 0 Å². The van der Waals surface area contributed by atoms with E-state index in [-0.39, 0.29) is 5.57 Å². The molecule has 0 radical (unpaired) electrons. The second-order valence-electron chi connectivity index (χ2n) is 4.27. The summed E-state index contributed by atoms with van der Waals surface area (Å²) in [5.74, 6) is -0.429. The van der Waals surface area contributed by atoms with Gasteiger partial charge in [0.1, 0.15) is 11.6 Å². The lowest BCUT2D eigenvalue weighted by atomic mass is 10.1. The van der Waals surface area contributed by atoms with Crippen LogP contribution in [0.1, 0.15) is 11.1 Å². The Balaban J connectivity index is 2.07. The van der Waals surface area contributed by atoms with Crippen molar-refractivity contribution in [1.29, 1.82) is 5.26 Å². The first-order valence-electron chi connectivity index (χ1n) is 6.23. The van der Waals surface area contributed by atoms with E-state index in [1.165, 1.54) is 6.08 Å². The molecule has 0 saturated carbocycles. The Morgan fingerprint density at radius 2 is 2.24 bits per heavy atom. The third-order valence-corrected chi connectivity index (χ3v) is 2.94. The van der Waals surface area contributed by atoms with Gasteiger partial charge in [-0.15, -0.1) is 0 Å². The van der Waals surface area contributed by atoms with E-state index in [4.69, 9.17) is 16.9 Å². The van der Waals surface area contributed by atoms with Gasteiger partial charge in [-0.1, -0.05) is 29.8 Å². The molecular weight excluding hydrogens is 286 g/mol. The Morgan fingerprint density at radius 1 is 1.38 bits per heavy atom. The predicted octanol–water partition coefficient (Wildman–Crippen LogP) is 2.96. The zero-order valence-electron chi connectivity index (χ0n) is 11.1. The van der Waals surface area contributed by atoms with Crippen molar-refractivity contribution in [2.75, 3.05) is 0 Å². The first-order valence-corrected chi connectivity index (χ1v) is 6.61. The third kappa shape index (κ3) is 4.44. The van der Waals surface area contributed by atoms with E-state index in [9.17, 15) is 4.79 Å². The lowest BCUT2D eigenvalue weighted by molar-refractivity contribution is -0.117. The maximum atomic E-state index is 12.0. The van der Waals surface area contributed by atoms with E-state index in [0.29, 0.717) is 17.1 Å². The number of carbonyl (C=O) groups is 1. The lowest BCUT2D eigenvalue weighted by Crippen LogP contribution is -2.23. The average Bonchev–Trinajstić information content (AvgIpc) is 2.51. The topological polar surface area (TPSA) is 65.8 Å². The molecule has 1 aromatic heterocycles. The molecule has 104 valence electrons. The minimum atomic E-state index is -0.429. The van der Waals surface area contributed by atoms with Gasteiger partial charge in [0.25, 0.3) is 5.91 Å². The first-order chi connectivity index (χ1) is 10.2. The zero-order valence-corrected chi connectivity index (χ0v) is 11.8. The molecule has 1 heterocycles. The quantitative estimate of drug-likeness (QED) is 0.697. The number of pyridine rings is 1. The van der Waals surface area contributed by atoms with Crippen molar-refractivity contribution in [1.82, 2.24) is 10.3 Å². The van der Waals surface area contributed by atoms with Gasteiger partial charge in [0.15, 0.2) is 0 Å². The summed E-state index contributed by atoms with van der Waals surface area (Å²) in [6.45, 7) is 0.321. The summed E-state index contributed by atoms with van der Waals surface area (Å²) in [5.41, 5.74) is 1.60. The summed E-state index contributed by atoms with van der Waals surface area (Å²) in [4.78, 5) is 15.9. The van der Waals surface area contributed by atoms with E-state index >= 15 is 0 Å². The van der Waals surface area contributed by atoms with Crippen LogP contribution in [0.3, 0.4) is 0 Å². The van der Waals surface area contributed by atoms with Crippen LogP contribution in [0, 0.1) is 11.3 Å². The molecule has 0 aliphatic rings. The lowest BCUT2D eigenvalue weighted by Gasteiger charge is -2.04. The molecule has 0 fully saturated rings. The molecular formula is C16H12ClN3O. The molecule has 5 heteroatoms. The molecule has 2 aromatic rings. The zero-order chi connectivity index (χ0) is 15.1. The maximum Gasteiger partial charge on any atom is 0.262 e. The van der Waals surface area contributed by atoms with Crippen LogP contribution in [0.2, 0.25) is 5.02 Å². The fraction of sp³-hybridized carbons (Fsp3) is 0.0625. The van der Waals surface area contributed by atoms with Gasteiger partial charge in [-0.05, 0) is 35.4 Å². The summed E-state index contributed by atoms with van der Waals surface area (Å²) in [6, 6.07) is 12.5. The summed E-state index contributed by atoms with van der Waals surface area (Å²) in [7, 11) is 0. The monoisotopic (exact) mass is 297 g/mol. The number of hydrogen-bond donors (Lipinski definition) is 1. The molecule has 2 rings (SSSR count). The van der Waals surface area contributed by atoms with Crippen LogP contribution < -0.4 is 5.32 Å². The number of carbonyl (C=O) groups excluding carboxylic acids is 1. The van der Waals surface area contributed by atoms with Crippen LogP contribution in [0.4, 0.5) is 0 Å². The van der Waals surface area contributed by atoms with Crippen molar-refractivity contribution < 1.29 is 4.79 Å². The second kappa shape index (κ2) is 7.22. The molecule has 21 heavy (non-hydrogen) atoms. The molecule has 0 aliphatic carbocycles. The molecule has 0 aliphatic heterocycles. The number of aromatic nitrogens is 1. The Kier molecular flexibility index (Phi) is 5.08. The van der Waals surface area contributed by atoms with Crippen molar-refractivity contribution in [2.45, 2.75) is 6.54 Å². The number of benzene rings is 1. The molecule has 1 amide bonds. The van der Waals surface area contributed by atoms with E-state index < -0.39 is 5.91 Å². The standard InChI is InChI=1S/C16H12ClN3O/c17-15-5-1-3-12(8-15)7-14(9-18)16(21)20-11-13-4-2-6-19-10-13/h1-8,10H,11H2,(H,20,21)/b14-7+. The molecule has 0 saturated heterocycles. The molecule has 0 unspecified atom stereocenters. The van der Waals surface area contributed by atoms with E-state index in [1.54, 1.807) is 42.7 Å². The van der Waals surface area contributed by atoms with Crippen LogP contribution in [-0.2, 0) is 11.3 Å². The van der Waals surface area contributed by atoms with Crippen molar-refractivity contribution in [3.63, 3.8) is 0 Å². The molecule has 1 N–H and O–H groups in total. The van der Waals surface area contributed by atoms with Crippen LogP contribution in [0.15, 0.2) is 54.4 Å². The van der Waals surface area contributed by atoms with Gasteiger partial charge in [-0.3, -0.25) is 9.78 Å². The van der Waals surface area contributed by atoms with E-state index in [1.807, 2.05) is 12.1 Å². The molecule has 0 bridgehead atoms. The molecule has 1 aromatic carbocycles. The summed E-state index contributed by atoms with van der Waals surface area (Å²) >= 11 is 5.87. The Bertz CT molecular complexity index is 705. The smallest absolute Gasteiger partial charge is 0.262 e. The summed E-state index contributed by atoms with van der Waals surface area (Å²) in [5, 5.41) is 12.3. The number of nitrogens with one attached hydrogen (secondary N) is 1. The van der Waals surface area contributed by atoms with Crippen molar-refractivity contribution in [3.05, 3.63) is 70.5 Å². The number of rotatable bonds is 4. The Labute approximate surface area is 127 Å². The highest BCUT2D eigenvalue weighted by Crippen LogP contribution is 2.13. The highest BCUT2D eigenvalue weighted by atomic mass is 35.5. The average molecular weight is 298 g/mol. The van der Waals surface area contributed by atoms with Gasteiger partial charge in [0, 0.05) is 24.0 Å². The van der Waals surface area contributed by atoms with Gasteiger partial charge in [-0.2, -0.15) is 5.26 Å². The van der Waals surface area contributed by atoms with Gasteiger partial charge in [0.05, 0.1) is 0 Å². The number of amides is 1. The van der Waals surface area contributed by atoms with Gasteiger partial charge < -0.3 is 5.32 Å². The largest absolute Gasteiger partial charge is 0.347 e. The van der Waals surface area contributed by atoms with E-state index in [2.05, 4.69) is 10.3 Å². The Hall–Kier alpha value is -2.64. The number of nitriles is 1. The van der Waals surface area contributed by atoms with Crippen molar-refractivity contribution in [2.24, 2.45) is 0 Å². The summed E-state index contributed by atoms with van der Waals surface area (Å²) in [6.07, 6.45) is 4.82. The fourth-order valence-electron chi connectivity index (χ4n) is 1.69. The summed E-state index contributed by atoms with van der Waals surface area (Å²) < 4.78 is 0. The van der Waals surface area contributed by atoms with E-state index in [0.717, 1.165) is 5.56 Å². The maximum absolute atomic E-state index is 12.0.